The number of carbonyl (C=O) groups is 2. The summed E-state index contributed by atoms with van der Waals surface area (Å²) in [5.74, 6) is 1.63. The molecule has 30 heavy (non-hydrogen) atoms. The summed E-state index contributed by atoms with van der Waals surface area (Å²) in [4.78, 5) is 29.9. The Bertz CT molecular complexity index is 1040. The fraction of sp³-hybridized carbons (Fsp3) is 0.391. The molecule has 5 rings (SSSR count). The van der Waals surface area contributed by atoms with E-state index in [1.54, 1.807) is 22.9 Å². The van der Waals surface area contributed by atoms with Crippen molar-refractivity contribution in [1.82, 2.24) is 4.90 Å². The van der Waals surface area contributed by atoms with Crippen LogP contribution in [0.1, 0.15) is 30.9 Å². The number of amides is 2. The minimum atomic E-state index is -0.977. The summed E-state index contributed by atoms with van der Waals surface area (Å²) in [6, 6.07) is 11.3. The molecule has 2 amide bonds. The number of hydrogen-bond acceptors (Lipinski definition) is 5. The van der Waals surface area contributed by atoms with E-state index in [-0.39, 0.29) is 31.8 Å². The molecule has 7 nitrogen and oxygen atoms in total. The van der Waals surface area contributed by atoms with E-state index in [0.29, 0.717) is 23.8 Å². The molecule has 0 bridgehead atoms. The normalized spacial score (nSPS) is 20.3. The monoisotopic (exact) mass is 408 g/mol. The van der Waals surface area contributed by atoms with E-state index < -0.39 is 5.41 Å². The summed E-state index contributed by atoms with van der Waals surface area (Å²) in [5, 5.41) is 0. The fourth-order valence-corrected chi connectivity index (χ4v) is 4.50. The predicted octanol–water partition coefficient (Wildman–Crippen LogP) is 2.70. The third-order valence-corrected chi connectivity index (χ3v) is 6.21. The summed E-state index contributed by atoms with van der Waals surface area (Å²) >= 11 is 0. The van der Waals surface area contributed by atoms with Crippen LogP contribution in [0.4, 0.5) is 5.69 Å². The first-order valence-electron chi connectivity index (χ1n) is 10.3. The molecule has 1 atom stereocenters. The number of unbranched alkanes of at least 4 members (excludes halogenated alkanes) is 1. The van der Waals surface area contributed by atoms with E-state index in [9.17, 15) is 9.59 Å². The lowest BCUT2D eigenvalue weighted by molar-refractivity contribution is -0.131. The maximum Gasteiger partial charge on any atom is 0.246 e. The van der Waals surface area contributed by atoms with Gasteiger partial charge in [-0.15, -0.1) is 0 Å². The van der Waals surface area contributed by atoms with E-state index in [4.69, 9.17) is 14.2 Å². The van der Waals surface area contributed by atoms with E-state index in [0.717, 1.165) is 29.7 Å². The Morgan fingerprint density at radius 3 is 2.67 bits per heavy atom. The average molecular weight is 408 g/mol. The molecular formula is C23H24N2O5. The third-order valence-electron chi connectivity index (χ3n) is 6.21. The Hall–Kier alpha value is -3.22. The van der Waals surface area contributed by atoms with Gasteiger partial charge in [-0.3, -0.25) is 9.59 Å². The second-order valence-electron chi connectivity index (χ2n) is 7.97. The van der Waals surface area contributed by atoms with Gasteiger partial charge >= 0.3 is 0 Å². The molecule has 7 heteroatoms. The van der Waals surface area contributed by atoms with Crippen LogP contribution in [-0.2, 0) is 15.0 Å². The van der Waals surface area contributed by atoms with Gasteiger partial charge in [-0.25, -0.2) is 0 Å². The van der Waals surface area contributed by atoms with E-state index in [1.807, 2.05) is 30.3 Å². The quantitative estimate of drug-likeness (QED) is 0.761. The van der Waals surface area contributed by atoms with E-state index in [1.165, 1.54) is 0 Å². The number of nitrogens with zero attached hydrogens (tertiary/aromatic N) is 2. The molecule has 1 spiro atoms. The zero-order valence-electron chi connectivity index (χ0n) is 17.1. The molecule has 0 fully saturated rings. The molecule has 1 unspecified atom stereocenters. The van der Waals surface area contributed by atoms with Crippen LogP contribution in [0.3, 0.4) is 0 Å². The largest absolute Gasteiger partial charge is 0.491 e. The summed E-state index contributed by atoms with van der Waals surface area (Å²) < 4.78 is 17.0. The average Bonchev–Trinajstić information content (AvgIpc) is 3.43. The van der Waals surface area contributed by atoms with Crippen molar-refractivity contribution in [2.24, 2.45) is 0 Å². The highest BCUT2D eigenvalue weighted by molar-refractivity contribution is 6.13. The Kier molecular flexibility index (Phi) is 4.34. The first kappa shape index (κ1) is 18.8. The number of rotatable bonds is 5. The second kappa shape index (κ2) is 6.93. The van der Waals surface area contributed by atoms with Crippen molar-refractivity contribution in [3.05, 3.63) is 47.5 Å². The van der Waals surface area contributed by atoms with Gasteiger partial charge in [0.05, 0.1) is 0 Å². The number of anilines is 1. The molecule has 0 saturated carbocycles. The van der Waals surface area contributed by atoms with Crippen LogP contribution in [0.15, 0.2) is 36.4 Å². The summed E-state index contributed by atoms with van der Waals surface area (Å²) in [6.45, 7) is 3.13. The van der Waals surface area contributed by atoms with E-state index in [2.05, 4.69) is 6.92 Å². The molecule has 3 aliphatic heterocycles. The van der Waals surface area contributed by atoms with E-state index >= 15 is 0 Å². The highest BCUT2D eigenvalue weighted by atomic mass is 16.7. The summed E-state index contributed by atoms with van der Waals surface area (Å²) in [7, 11) is 1.79. The number of benzene rings is 2. The molecule has 2 aromatic rings. The molecule has 2 aromatic carbocycles. The maximum absolute atomic E-state index is 13.8. The van der Waals surface area contributed by atoms with Crippen LogP contribution in [0, 0.1) is 0 Å². The predicted molar refractivity (Wildman–Crippen MR) is 110 cm³/mol. The van der Waals surface area contributed by atoms with Crippen LogP contribution in [0.25, 0.3) is 0 Å². The minimum absolute atomic E-state index is 0.0116. The van der Waals surface area contributed by atoms with Crippen molar-refractivity contribution in [3.8, 4) is 17.2 Å². The van der Waals surface area contributed by atoms with Gasteiger partial charge in [0.1, 0.15) is 24.3 Å². The highest BCUT2D eigenvalue weighted by Crippen LogP contribution is 2.54. The summed E-state index contributed by atoms with van der Waals surface area (Å²) in [6.07, 6.45) is 1.95. The van der Waals surface area contributed by atoms with Crippen molar-refractivity contribution in [2.75, 3.05) is 38.4 Å². The second-order valence-corrected chi connectivity index (χ2v) is 7.97. The zero-order valence-corrected chi connectivity index (χ0v) is 17.1. The Morgan fingerprint density at radius 1 is 1.10 bits per heavy atom. The van der Waals surface area contributed by atoms with Gasteiger partial charge in [-0.05, 0) is 24.1 Å². The Labute approximate surface area is 175 Å². The molecule has 0 aliphatic carbocycles. The van der Waals surface area contributed by atoms with Crippen LogP contribution in [0.5, 0.6) is 17.2 Å². The van der Waals surface area contributed by atoms with Crippen LogP contribution < -0.4 is 19.1 Å². The smallest absolute Gasteiger partial charge is 0.246 e. The fourth-order valence-electron chi connectivity index (χ4n) is 4.50. The van der Waals surface area contributed by atoms with Gasteiger partial charge in [-0.1, -0.05) is 31.5 Å². The third kappa shape index (κ3) is 2.57. The van der Waals surface area contributed by atoms with Crippen LogP contribution in [-0.4, -0.2) is 50.3 Å². The van der Waals surface area contributed by atoms with Gasteiger partial charge in [0.15, 0.2) is 11.5 Å². The van der Waals surface area contributed by atoms with Crippen LogP contribution in [0.2, 0.25) is 0 Å². The maximum atomic E-state index is 13.8. The molecule has 3 aliphatic rings. The SMILES string of the molecule is CCCCN(C)C(=O)CN1C(=O)C2(COc3cc4c(cc32)OCO4)c2ccccc21. The zero-order chi connectivity index (χ0) is 20.9. The Balaban J connectivity index is 1.54. The van der Waals surface area contributed by atoms with Gasteiger partial charge in [0.25, 0.3) is 0 Å². The van der Waals surface area contributed by atoms with Gasteiger partial charge in [0.2, 0.25) is 18.6 Å². The minimum Gasteiger partial charge on any atom is -0.491 e. The lowest BCUT2D eigenvalue weighted by Crippen LogP contribution is -2.46. The number of para-hydroxylation sites is 1. The number of carbonyl (C=O) groups excluding carboxylic acids is 2. The van der Waals surface area contributed by atoms with Crippen molar-refractivity contribution in [1.29, 1.82) is 0 Å². The Morgan fingerprint density at radius 2 is 1.87 bits per heavy atom. The molecule has 3 heterocycles. The number of ether oxygens (including phenoxy) is 3. The van der Waals surface area contributed by atoms with Crippen molar-refractivity contribution in [2.45, 2.75) is 25.2 Å². The molecular weight excluding hydrogens is 384 g/mol. The lowest BCUT2D eigenvalue weighted by Gasteiger charge is -2.25. The topological polar surface area (TPSA) is 68.3 Å². The van der Waals surface area contributed by atoms with Gasteiger partial charge < -0.3 is 24.0 Å². The number of hydrogen-bond donors (Lipinski definition) is 0. The summed E-state index contributed by atoms with van der Waals surface area (Å²) in [5.41, 5.74) is 1.40. The molecule has 0 radical (unpaired) electrons. The van der Waals surface area contributed by atoms with Crippen LogP contribution >= 0.6 is 0 Å². The van der Waals surface area contributed by atoms with Gasteiger partial charge in [0, 0.05) is 30.9 Å². The lowest BCUT2D eigenvalue weighted by atomic mass is 9.77. The number of likely N-dealkylation sites (N-methyl/N-ethyl adjacent to an activating group) is 1. The molecule has 156 valence electrons. The van der Waals surface area contributed by atoms with Crippen molar-refractivity contribution >= 4 is 17.5 Å². The van der Waals surface area contributed by atoms with Gasteiger partial charge in [-0.2, -0.15) is 0 Å². The number of fused-ring (bicyclic) bond motifs is 5. The van der Waals surface area contributed by atoms with Crippen molar-refractivity contribution in [3.63, 3.8) is 0 Å². The first-order valence-corrected chi connectivity index (χ1v) is 10.3. The molecule has 0 saturated heterocycles. The highest BCUT2D eigenvalue weighted by Gasteiger charge is 2.57. The first-order chi connectivity index (χ1) is 14.6. The molecule has 0 aromatic heterocycles. The molecule has 0 N–H and O–H groups in total. The standard InChI is InChI=1S/C23H24N2O5/c1-3-4-9-24(2)21(26)12-25-17-8-6-5-7-15(17)23(22(25)27)13-28-18-11-20-19(10-16(18)23)29-14-30-20/h5-8,10-11H,3-4,9,12-14H2,1-2H3. The van der Waals surface area contributed by atoms with Crippen molar-refractivity contribution < 1.29 is 23.8 Å².